The maximum Gasteiger partial charge on any atom is 0.255 e. The van der Waals surface area contributed by atoms with E-state index >= 15 is 0 Å². The van der Waals surface area contributed by atoms with Crippen LogP contribution in [0.4, 0.5) is 0 Å². The van der Waals surface area contributed by atoms with Crippen molar-refractivity contribution in [3.05, 3.63) is 23.8 Å². The molecule has 1 rings (SSSR count). The molecule has 84 valence electrons. The molecule has 0 saturated heterocycles. The third-order valence-electron chi connectivity index (χ3n) is 2.00. The van der Waals surface area contributed by atoms with Crippen molar-refractivity contribution in [1.29, 1.82) is 5.26 Å². The van der Waals surface area contributed by atoms with Gasteiger partial charge in [0.1, 0.15) is 11.5 Å². The van der Waals surface area contributed by atoms with Gasteiger partial charge in [-0.3, -0.25) is 4.79 Å². The zero-order chi connectivity index (χ0) is 12.1. The van der Waals surface area contributed by atoms with Gasteiger partial charge in [0.25, 0.3) is 5.91 Å². The zero-order valence-corrected chi connectivity index (χ0v) is 8.77. The summed E-state index contributed by atoms with van der Waals surface area (Å²) in [4.78, 5) is 11.6. The van der Waals surface area contributed by atoms with Crippen molar-refractivity contribution in [2.75, 3.05) is 0 Å². The van der Waals surface area contributed by atoms with Crippen molar-refractivity contribution in [3.8, 4) is 17.6 Å². The van der Waals surface area contributed by atoms with Crippen molar-refractivity contribution in [1.82, 2.24) is 5.32 Å². The van der Waals surface area contributed by atoms with Crippen LogP contribution in [0.25, 0.3) is 0 Å². The lowest BCUT2D eigenvalue weighted by molar-refractivity contribution is 0.0938. The van der Waals surface area contributed by atoms with E-state index in [1.165, 1.54) is 12.1 Å². The van der Waals surface area contributed by atoms with Crippen molar-refractivity contribution in [2.45, 2.75) is 19.4 Å². The van der Waals surface area contributed by atoms with Crippen LogP contribution in [0.3, 0.4) is 0 Å². The van der Waals surface area contributed by atoms with E-state index in [1.54, 1.807) is 6.92 Å². The van der Waals surface area contributed by atoms with E-state index in [0.717, 1.165) is 6.07 Å². The van der Waals surface area contributed by atoms with Gasteiger partial charge in [0.15, 0.2) is 0 Å². The topological polar surface area (TPSA) is 93.4 Å². The van der Waals surface area contributed by atoms with Gasteiger partial charge < -0.3 is 15.5 Å². The molecule has 16 heavy (non-hydrogen) atoms. The molecule has 1 aromatic carbocycles. The standard InChI is InChI=1S/C11H12N2O3/c1-7(4-5-12)13-11(16)9-3-2-8(14)6-10(9)15/h2-3,6-7,14-15H,4H2,1H3,(H,13,16)/t7-/m0/s1. The molecule has 0 heterocycles. The van der Waals surface area contributed by atoms with E-state index in [9.17, 15) is 9.90 Å². The van der Waals surface area contributed by atoms with E-state index in [1.807, 2.05) is 6.07 Å². The van der Waals surface area contributed by atoms with E-state index < -0.39 is 5.91 Å². The van der Waals surface area contributed by atoms with Crippen molar-refractivity contribution in [3.63, 3.8) is 0 Å². The van der Waals surface area contributed by atoms with Crippen LogP contribution in [0.2, 0.25) is 0 Å². The maximum absolute atomic E-state index is 11.6. The normalized spacial score (nSPS) is 11.5. The van der Waals surface area contributed by atoms with Gasteiger partial charge in [-0.2, -0.15) is 5.26 Å². The van der Waals surface area contributed by atoms with Crippen molar-refractivity contribution < 1.29 is 15.0 Å². The Morgan fingerprint density at radius 2 is 2.25 bits per heavy atom. The summed E-state index contributed by atoms with van der Waals surface area (Å²) in [6.07, 6.45) is 0.199. The number of phenols is 2. The van der Waals surface area contributed by atoms with Crippen LogP contribution in [-0.2, 0) is 0 Å². The van der Waals surface area contributed by atoms with Crippen LogP contribution in [0.1, 0.15) is 23.7 Å². The summed E-state index contributed by atoms with van der Waals surface area (Å²) in [6, 6.07) is 5.36. The fourth-order valence-corrected chi connectivity index (χ4v) is 1.20. The Kier molecular flexibility index (Phi) is 3.72. The predicted octanol–water partition coefficient (Wildman–Crippen LogP) is 1.13. The molecule has 0 saturated carbocycles. The number of phenolic OH excluding ortho intramolecular Hbond substituents is 2. The second kappa shape index (κ2) is 5.03. The molecule has 0 aliphatic rings. The molecule has 1 atom stereocenters. The quantitative estimate of drug-likeness (QED) is 0.711. The fraction of sp³-hybridized carbons (Fsp3) is 0.273. The number of aromatic hydroxyl groups is 2. The van der Waals surface area contributed by atoms with E-state index in [0.29, 0.717) is 0 Å². The number of rotatable bonds is 3. The molecule has 0 aliphatic carbocycles. The summed E-state index contributed by atoms with van der Waals surface area (Å²) in [5.41, 5.74) is 0.0718. The third kappa shape index (κ3) is 2.89. The summed E-state index contributed by atoms with van der Waals surface area (Å²) in [6.45, 7) is 1.69. The van der Waals surface area contributed by atoms with Gasteiger partial charge in [-0.1, -0.05) is 0 Å². The highest BCUT2D eigenvalue weighted by Gasteiger charge is 2.13. The fourth-order valence-electron chi connectivity index (χ4n) is 1.20. The first kappa shape index (κ1) is 11.9. The summed E-state index contributed by atoms with van der Waals surface area (Å²) in [5, 5.41) is 29.5. The van der Waals surface area contributed by atoms with Crippen LogP contribution in [0.5, 0.6) is 11.5 Å². The molecular formula is C11H12N2O3. The summed E-state index contributed by atoms with van der Waals surface area (Å²) in [7, 11) is 0. The highest BCUT2D eigenvalue weighted by Crippen LogP contribution is 2.22. The van der Waals surface area contributed by atoms with E-state index in [-0.39, 0.29) is 29.5 Å². The van der Waals surface area contributed by atoms with E-state index in [2.05, 4.69) is 5.32 Å². The second-order valence-corrected chi connectivity index (χ2v) is 3.44. The molecule has 0 radical (unpaired) electrons. The number of carbonyl (C=O) groups is 1. The lowest BCUT2D eigenvalue weighted by Crippen LogP contribution is -2.32. The average Bonchev–Trinajstić information content (AvgIpc) is 2.17. The van der Waals surface area contributed by atoms with Crippen molar-refractivity contribution >= 4 is 5.91 Å². The molecule has 0 fully saturated rings. The SMILES string of the molecule is C[C@@H](CC#N)NC(=O)c1ccc(O)cc1O. The minimum absolute atomic E-state index is 0.0718. The molecule has 1 aromatic rings. The highest BCUT2D eigenvalue weighted by atomic mass is 16.3. The first-order valence-electron chi connectivity index (χ1n) is 4.74. The van der Waals surface area contributed by atoms with Gasteiger partial charge >= 0.3 is 0 Å². The molecule has 0 spiro atoms. The molecule has 0 aliphatic heterocycles. The van der Waals surface area contributed by atoms with E-state index in [4.69, 9.17) is 10.4 Å². The van der Waals surface area contributed by atoms with Gasteiger partial charge in [0, 0.05) is 12.1 Å². The summed E-state index contributed by atoms with van der Waals surface area (Å²) >= 11 is 0. The number of nitriles is 1. The maximum atomic E-state index is 11.6. The lowest BCUT2D eigenvalue weighted by Gasteiger charge is -2.11. The second-order valence-electron chi connectivity index (χ2n) is 3.44. The Hall–Kier alpha value is -2.22. The third-order valence-corrected chi connectivity index (χ3v) is 2.00. The lowest BCUT2D eigenvalue weighted by atomic mass is 10.1. The smallest absolute Gasteiger partial charge is 0.255 e. The number of carbonyl (C=O) groups excluding carboxylic acids is 1. The summed E-state index contributed by atoms with van der Waals surface area (Å²) in [5.74, 6) is -0.874. The number of nitrogens with zero attached hydrogens (tertiary/aromatic N) is 1. The molecule has 0 aromatic heterocycles. The number of benzene rings is 1. The zero-order valence-electron chi connectivity index (χ0n) is 8.77. The van der Waals surface area contributed by atoms with Crippen LogP contribution >= 0.6 is 0 Å². The minimum Gasteiger partial charge on any atom is -0.508 e. The molecule has 5 nitrogen and oxygen atoms in total. The van der Waals surface area contributed by atoms with Crippen LogP contribution in [-0.4, -0.2) is 22.2 Å². The Morgan fingerprint density at radius 1 is 1.56 bits per heavy atom. The van der Waals surface area contributed by atoms with Gasteiger partial charge in [-0.15, -0.1) is 0 Å². The number of hydrogen-bond donors (Lipinski definition) is 3. The highest BCUT2D eigenvalue weighted by molar-refractivity contribution is 5.97. The van der Waals surface area contributed by atoms with Crippen LogP contribution in [0, 0.1) is 11.3 Å². The van der Waals surface area contributed by atoms with Crippen molar-refractivity contribution in [2.24, 2.45) is 0 Å². The van der Waals surface area contributed by atoms with Gasteiger partial charge in [0.05, 0.1) is 18.1 Å². The average molecular weight is 220 g/mol. The monoisotopic (exact) mass is 220 g/mol. The number of nitrogens with one attached hydrogen (secondary N) is 1. The first-order chi connectivity index (χ1) is 7.54. The molecule has 1 amide bonds. The Balaban J connectivity index is 2.78. The van der Waals surface area contributed by atoms with Gasteiger partial charge in [-0.05, 0) is 19.1 Å². The van der Waals surface area contributed by atoms with Crippen LogP contribution in [0.15, 0.2) is 18.2 Å². The molecular weight excluding hydrogens is 208 g/mol. The molecule has 0 unspecified atom stereocenters. The Labute approximate surface area is 92.9 Å². The molecule has 0 bridgehead atoms. The molecule has 3 N–H and O–H groups in total. The largest absolute Gasteiger partial charge is 0.508 e. The number of amides is 1. The summed E-state index contributed by atoms with van der Waals surface area (Å²) < 4.78 is 0. The first-order valence-corrected chi connectivity index (χ1v) is 4.74. The minimum atomic E-state index is -0.472. The van der Waals surface area contributed by atoms with Gasteiger partial charge in [-0.25, -0.2) is 0 Å². The van der Waals surface area contributed by atoms with Crippen LogP contribution < -0.4 is 5.32 Å². The Bertz CT molecular complexity index is 437. The predicted molar refractivity (Wildman–Crippen MR) is 56.9 cm³/mol. The number of hydrogen-bond acceptors (Lipinski definition) is 4. The Morgan fingerprint density at radius 3 is 2.81 bits per heavy atom. The van der Waals surface area contributed by atoms with Gasteiger partial charge in [0.2, 0.25) is 0 Å². The molecule has 5 heteroatoms.